The molecule has 1 aromatic rings. The van der Waals surface area contributed by atoms with Crippen LogP contribution in [0.2, 0.25) is 0 Å². The van der Waals surface area contributed by atoms with Crippen molar-refractivity contribution >= 4 is 17.7 Å². The Labute approximate surface area is 418 Å². The highest BCUT2D eigenvalue weighted by Crippen LogP contribution is 2.78. The van der Waals surface area contributed by atoms with Gasteiger partial charge >= 0.3 is 17.7 Å². The van der Waals surface area contributed by atoms with Gasteiger partial charge in [0.15, 0.2) is 11.5 Å². The summed E-state index contributed by atoms with van der Waals surface area (Å²) in [6, 6.07) is 2.11. The number of benzene rings is 1. The predicted molar refractivity (Wildman–Crippen MR) is 269 cm³/mol. The Balaban J connectivity index is 0.971. The Hall–Kier alpha value is -3.43. The summed E-state index contributed by atoms with van der Waals surface area (Å²) in [6.45, 7) is 28.0. The van der Waals surface area contributed by atoms with Gasteiger partial charge in [0.2, 0.25) is 11.4 Å². The average Bonchev–Trinajstić information content (AvgIpc) is 3.32. The Morgan fingerprint density at radius 3 is 1.79 bits per heavy atom. The molecule has 0 spiro atoms. The molecule has 6 saturated carbocycles. The molecular weight excluding hydrogens is 877 g/mol. The van der Waals surface area contributed by atoms with E-state index in [-0.39, 0.29) is 61.9 Å². The maximum atomic E-state index is 15.0. The van der Waals surface area contributed by atoms with E-state index in [9.17, 15) is 14.7 Å². The van der Waals surface area contributed by atoms with Crippen molar-refractivity contribution in [2.24, 2.45) is 66.5 Å². The molecule has 0 aromatic heterocycles. The standard InChI is InChI=1S/C61H84O9/c1-35-46-38(55(7)25-29-59(11)44-34-53(5,49(64)68-15)21-19-51(44,3)23-27-57(59,9)42(55)32-39(46)66-13)30-40-47(35)70-60(12)36-16-17-41-54(6,37(36)31-45(62)61(60,65)69-40)24-28-58(10)43-33-52(4,48(63)67-14)20-18-50(43,2)22-26-56(41,58)8/h16-17,30-31,39,42-44,65H,18-29,32-34H2,1-15H3/t39-,42-,43+,44+,50+,51+,52+,53+,54-,55-,56+,57+,58-,59-,60-,61+/m0/s1. The zero-order chi connectivity index (χ0) is 50.6. The van der Waals surface area contributed by atoms with Gasteiger partial charge in [0.1, 0.15) is 0 Å². The van der Waals surface area contributed by atoms with E-state index in [1.165, 1.54) is 25.4 Å². The van der Waals surface area contributed by atoms with Crippen molar-refractivity contribution < 1.29 is 43.2 Å². The van der Waals surface area contributed by atoms with Crippen LogP contribution in [0.3, 0.4) is 0 Å². The number of allylic oxidation sites excluding steroid dienone is 3. The molecule has 1 aromatic carbocycles. The first-order valence-electron chi connectivity index (χ1n) is 27.2. The summed E-state index contributed by atoms with van der Waals surface area (Å²) in [4.78, 5) is 41.8. The summed E-state index contributed by atoms with van der Waals surface area (Å²) < 4.78 is 31.7. The third-order valence-electron chi connectivity index (χ3n) is 25.2. The molecule has 382 valence electrons. The summed E-state index contributed by atoms with van der Waals surface area (Å²) in [5, 5.41) is 13.0. The van der Waals surface area contributed by atoms with Crippen molar-refractivity contribution in [3.8, 4) is 11.5 Å². The first kappa shape index (κ1) is 48.8. The van der Waals surface area contributed by atoms with Gasteiger partial charge in [-0.2, -0.15) is 0 Å². The number of hydrogen-bond donors (Lipinski definition) is 1. The molecule has 70 heavy (non-hydrogen) atoms. The number of rotatable bonds is 3. The number of ketones is 1. The third-order valence-corrected chi connectivity index (χ3v) is 25.2. The van der Waals surface area contributed by atoms with Gasteiger partial charge in [0, 0.05) is 23.7 Å². The van der Waals surface area contributed by atoms with E-state index in [2.05, 4.69) is 94.4 Å². The SMILES string of the molecule is COC(=O)[C@]1(C)CC[C@]2(C)CC[C@]3(C)C4=CC=C5C(=CC(=O)[C@@]6(O)Oc7cc8c(c(C)c7O[C@@]56C)[C@@H](OC)C[C@H]5[C@@]8(C)CC[C@@]6(C)[C@@H]7C[C@](C)(C(=O)OC)CC[C@]7(C)CC[C@]56C)[C@]4(C)CC[C@@]3(C)[C@@H]2C1. The third kappa shape index (κ3) is 5.56. The second kappa shape index (κ2) is 14.4. The highest BCUT2D eigenvalue weighted by Gasteiger charge is 2.73. The van der Waals surface area contributed by atoms with E-state index >= 15 is 4.79 Å². The van der Waals surface area contributed by atoms with Crippen LogP contribution in [0, 0.1) is 73.4 Å². The highest BCUT2D eigenvalue weighted by molar-refractivity contribution is 6.02. The number of methoxy groups -OCH3 is 3. The van der Waals surface area contributed by atoms with Gasteiger partial charge in [-0.25, -0.2) is 0 Å². The van der Waals surface area contributed by atoms with E-state index in [4.69, 9.17) is 23.7 Å². The molecule has 0 saturated heterocycles. The Morgan fingerprint density at radius 1 is 0.643 bits per heavy atom. The first-order chi connectivity index (χ1) is 32.5. The fourth-order valence-electron chi connectivity index (χ4n) is 19.9. The Morgan fingerprint density at radius 2 is 1.19 bits per heavy atom. The van der Waals surface area contributed by atoms with Crippen molar-refractivity contribution in [3.63, 3.8) is 0 Å². The monoisotopic (exact) mass is 961 g/mol. The second-order valence-corrected chi connectivity index (χ2v) is 28.0. The second-order valence-electron chi connectivity index (χ2n) is 28.0. The molecule has 10 aliphatic rings. The van der Waals surface area contributed by atoms with Gasteiger partial charge in [-0.15, -0.1) is 0 Å². The number of carbonyl (C=O) groups is 3. The molecule has 1 heterocycles. The minimum atomic E-state index is -2.30. The number of aliphatic hydroxyl groups is 1. The molecule has 1 N–H and O–H groups in total. The summed E-state index contributed by atoms with van der Waals surface area (Å²) in [5.74, 6) is -1.03. The Bertz CT molecular complexity index is 2630. The maximum Gasteiger partial charge on any atom is 0.317 e. The minimum Gasteiger partial charge on any atom is -0.471 e. The smallest absolute Gasteiger partial charge is 0.317 e. The van der Waals surface area contributed by atoms with E-state index in [0.29, 0.717) is 23.3 Å². The fourth-order valence-corrected chi connectivity index (χ4v) is 19.9. The molecule has 0 bridgehead atoms. The fraction of sp³-hybridized carbons (Fsp3) is 0.754. The van der Waals surface area contributed by atoms with E-state index in [1.807, 2.05) is 14.0 Å². The molecular formula is C61H84O9. The van der Waals surface area contributed by atoms with E-state index in [1.54, 1.807) is 6.08 Å². The molecule has 0 unspecified atom stereocenters. The number of hydrogen-bond acceptors (Lipinski definition) is 9. The van der Waals surface area contributed by atoms with Gasteiger partial charge in [0.05, 0.1) is 31.2 Å². The van der Waals surface area contributed by atoms with Crippen LogP contribution >= 0.6 is 0 Å². The summed E-state index contributed by atoms with van der Waals surface area (Å²) in [5.41, 5.74) is 2.97. The normalized spacial score (nSPS) is 50.5. The van der Waals surface area contributed by atoms with Crippen LogP contribution in [0.4, 0.5) is 0 Å². The lowest BCUT2D eigenvalue weighted by Gasteiger charge is -2.72. The van der Waals surface area contributed by atoms with Crippen LogP contribution < -0.4 is 9.47 Å². The molecule has 11 rings (SSSR count). The van der Waals surface area contributed by atoms with Crippen LogP contribution in [0.5, 0.6) is 11.5 Å². The first-order valence-corrected chi connectivity index (χ1v) is 27.2. The lowest BCUT2D eigenvalue weighted by atomic mass is 9.32. The van der Waals surface area contributed by atoms with Crippen LogP contribution in [-0.4, -0.2) is 55.5 Å². The topological polar surface area (TPSA) is 118 Å². The van der Waals surface area contributed by atoms with Gasteiger partial charge in [-0.1, -0.05) is 73.1 Å². The zero-order valence-corrected chi connectivity index (χ0v) is 45.4. The molecule has 9 heteroatoms. The van der Waals surface area contributed by atoms with Crippen molar-refractivity contribution in [1.82, 2.24) is 0 Å². The van der Waals surface area contributed by atoms with Crippen LogP contribution in [0.25, 0.3) is 0 Å². The maximum absolute atomic E-state index is 15.0. The zero-order valence-electron chi connectivity index (χ0n) is 45.4. The minimum absolute atomic E-state index is 0.0134. The van der Waals surface area contributed by atoms with Crippen molar-refractivity contribution in [3.05, 3.63) is 57.7 Å². The lowest BCUT2D eigenvalue weighted by Crippen LogP contribution is -2.70. The quantitative estimate of drug-likeness (QED) is 0.296. The van der Waals surface area contributed by atoms with Crippen LogP contribution in [0.15, 0.2) is 41.0 Å². The number of ether oxygens (including phenoxy) is 5. The number of esters is 2. The van der Waals surface area contributed by atoms with Gasteiger partial charge in [-0.05, 0) is 209 Å². The molecule has 9 nitrogen and oxygen atoms in total. The van der Waals surface area contributed by atoms with Crippen LogP contribution in [0.1, 0.15) is 195 Å². The summed E-state index contributed by atoms with van der Waals surface area (Å²) in [7, 11) is 4.89. The molecule has 0 radical (unpaired) electrons. The van der Waals surface area contributed by atoms with E-state index < -0.39 is 33.4 Å². The molecule has 0 amide bonds. The molecule has 6 fully saturated rings. The van der Waals surface area contributed by atoms with E-state index in [0.717, 1.165) is 119 Å². The van der Waals surface area contributed by atoms with Crippen molar-refractivity contribution in [1.29, 1.82) is 0 Å². The summed E-state index contributed by atoms with van der Waals surface area (Å²) in [6.07, 6.45) is 20.3. The van der Waals surface area contributed by atoms with Crippen LogP contribution in [-0.2, 0) is 34.0 Å². The average molecular weight is 961 g/mol. The van der Waals surface area contributed by atoms with Crippen molar-refractivity contribution in [2.75, 3.05) is 21.3 Å². The van der Waals surface area contributed by atoms with Gasteiger partial charge < -0.3 is 28.8 Å². The summed E-state index contributed by atoms with van der Waals surface area (Å²) >= 11 is 0. The number of fused-ring (bicyclic) bond motifs is 17. The largest absolute Gasteiger partial charge is 0.471 e. The Kier molecular flexibility index (Phi) is 10.1. The molecule has 1 aliphatic heterocycles. The van der Waals surface area contributed by atoms with Gasteiger partial charge in [-0.3, -0.25) is 14.4 Å². The van der Waals surface area contributed by atoms with Crippen molar-refractivity contribution in [2.45, 2.75) is 202 Å². The number of carbonyl (C=O) groups excluding carboxylic acids is 3. The lowest BCUT2D eigenvalue weighted by molar-refractivity contribution is -0.232. The van der Waals surface area contributed by atoms with Gasteiger partial charge in [0.25, 0.3) is 0 Å². The predicted octanol–water partition coefficient (Wildman–Crippen LogP) is 12.7. The highest BCUT2D eigenvalue weighted by atomic mass is 16.7. The molecule has 9 aliphatic carbocycles. The molecule has 16 atom stereocenters.